The van der Waals surface area contributed by atoms with Gasteiger partial charge in [-0.15, -0.1) is 0 Å². The summed E-state index contributed by atoms with van der Waals surface area (Å²) in [4.78, 5) is 16.1. The first-order valence-corrected chi connectivity index (χ1v) is 6.50. The number of rotatable bonds is 4. The van der Waals surface area contributed by atoms with Gasteiger partial charge in [-0.25, -0.2) is 4.98 Å². The second-order valence-electron chi connectivity index (χ2n) is 5.54. The van der Waals surface area contributed by atoms with Crippen LogP contribution in [0.3, 0.4) is 0 Å². The summed E-state index contributed by atoms with van der Waals surface area (Å²) in [7, 11) is 0. The maximum atomic E-state index is 11.9. The van der Waals surface area contributed by atoms with Crippen LogP contribution in [0.4, 0.5) is 0 Å². The number of halogens is 1. The summed E-state index contributed by atoms with van der Waals surface area (Å²) < 4.78 is 7.26. The average molecular weight is 273 g/mol. The molecule has 1 aromatic heterocycles. The first kappa shape index (κ1) is 15.2. The molecule has 4 nitrogen and oxygen atoms in total. The van der Waals surface area contributed by atoms with Crippen molar-refractivity contribution in [3.05, 3.63) is 27.4 Å². The molecular formula is C13H21ClN2O2. The Kier molecular flexibility index (Phi) is 4.93. The van der Waals surface area contributed by atoms with Gasteiger partial charge < -0.3 is 4.74 Å². The highest BCUT2D eigenvalue weighted by atomic mass is 35.5. The molecule has 0 spiro atoms. The normalized spacial score (nSPS) is 12.2. The zero-order valence-electron chi connectivity index (χ0n) is 11.7. The molecule has 0 saturated heterocycles. The number of ether oxygens (including phenoxy) is 1. The van der Waals surface area contributed by atoms with Gasteiger partial charge in [-0.3, -0.25) is 9.36 Å². The standard InChI is InChI=1S/C13H21ClN2O2/c1-9(2)12-15-10(14)8-11(17)16(12)6-7-18-13(3,4)5/h8-9H,6-7H2,1-5H3. The number of aromatic nitrogens is 2. The Bertz CT molecular complexity index is 461. The van der Waals surface area contributed by atoms with Crippen molar-refractivity contribution in [3.63, 3.8) is 0 Å². The van der Waals surface area contributed by atoms with E-state index in [0.29, 0.717) is 19.0 Å². The van der Waals surface area contributed by atoms with Crippen molar-refractivity contribution in [1.82, 2.24) is 9.55 Å². The minimum atomic E-state index is -0.207. The fraction of sp³-hybridized carbons (Fsp3) is 0.692. The minimum absolute atomic E-state index is 0.129. The van der Waals surface area contributed by atoms with Gasteiger partial charge >= 0.3 is 0 Å². The summed E-state index contributed by atoms with van der Waals surface area (Å²) in [5.74, 6) is 0.844. The van der Waals surface area contributed by atoms with Gasteiger partial charge in [0.25, 0.3) is 5.56 Å². The molecule has 0 aliphatic rings. The molecule has 0 aliphatic carbocycles. The van der Waals surface area contributed by atoms with E-state index in [-0.39, 0.29) is 22.2 Å². The van der Waals surface area contributed by atoms with Crippen molar-refractivity contribution in [2.45, 2.75) is 52.7 Å². The van der Waals surface area contributed by atoms with Crippen molar-refractivity contribution < 1.29 is 4.74 Å². The van der Waals surface area contributed by atoms with Crippen LogP contribution in [0.25, 0.3) is 0 Å². The van der Waals surface area contributed by atoms with E-state index in [1.807, 2.05) is 34.6 Å². The van der Waals surface area contributed by atoms with Crippen LogP contribution in [0.1, 0.15) is 46.4 Å². The van der Waals surface area contributed by atoms with Gasteiger partial charge in [0.1, 0.15) is 11.0 Å². The van der Waals surface area contributed by atoms with E-state index in [0.717, 1.165) is 0 Å². The number of hydrogen-bond acceptors (Lipinski definition) is 3. The second kappa shape index (κ2) is 5.85. The topological polar surface area (TPSA) is 44.1 Å². The highest BCUT2D eigenvalue weighted by Crippen LogP contribution is 2.13. The van der Waals surface area contributed by atoms with Gasteiger partial charge in [0.15, 0.2) is 0 Å². The summed E-state index contributed by atoms with van der Waals surface area (Å²) in [6.45, 7) is 10.9. The fourth-order valence-corrected chi connectivity index (χ4v) is 1.78. The van der Waals surface area contributed by atoms with E-state index in [1.54, 1.807) is 4.57 Å². The van der Waals surface area contributed by atoms with Crippen LogP contribution in [0, 0.1) is 0 Å². The Balaban J connectivity index is 2.91. The van der Waals surface area contributed by atoms with Gasteiger partial charge in [0.2, 0.25) is 0 Å². The largest absolute Gasteiger partial charge is 0.374 e. The lowest BCUT2D eigenvalue weighted by atomic mass is 10.2. The van der Waals surface area contributed by atoms with E-state index in [4.69, 9.17) is 16.3 Å². The van der Waals surface area contributed by atoms with Gasteiger partial charge in [0, 0.05) is 12.0 Å². The van der Waals surface area contributed by atoms with E-state index in [2.05, 4.69) is 4.98 Å². The van der Waals surface area contributed by atoms with Crippen molar-refractivity contribution in [2.75, 3.05) is 6.61 Å². The van der Waals surface area contributed by atoms with Crippen LogP contribution >= 0.6 is 11.6 Å². The van der Waals surface area contributed by atoms with Crippen LogP contribution in [-0.2, 0) is 11.3 Å². The molecule has 0 radical (unpaired) electrons. The summed E-state index contributed by atoms with van der Waals surface area (Å²) in [6.07, 6.45) is 0. The average Bonchev–Trinajstić information content (AvgIpc) is 2.18. The van der Waals surface area contributed by atoms with Crippen molar-refractivity contribution >= 4 is 11.6 Å². The molecule has 0 atom stereocenters. The third kappa shape index (κ3) is 4.42. The Morgan fingerprint density at radius 2 is 2.06 bits per heavy atom. The smallest absolute Gasteiger partial charge is 0.255 e. The zero-order chi connectivity index (χ0) is 13.9. The van der Waals surface area contributed by atoms with E-state index in [9.17, 15) is 4.79 Å². The Morgan fingerprint density at radius 3 is 2.56 bits per heavy atom. The number of nitrogens with zero attached hydrogens (tertiary/aromatic N) is 2. The van der Waals surface area contributed by atoms with E-state index >= 15 is 0 Å². The van der Waals surface area contributed by atoms with Crippen LogP contribution in [0.15, 0.2) is 10.9 Å². The monoisotopic (exact) mass is 272 g/mol. The lowest BCUT2D eigenvalue weighted by Gasteiger charge is -2.21. The van der Waals surface area contributed by atoms with Crippen molar-refractivity contribution in [2.24, 2.45) is 0 Å². The molecular weight excluding hydrogens is 252 g/mol. The quantitative estimate of drug-likeness (QED) is 0.792. The van der Waals surface area contributed by atoms with Crippen molar-refractivity contribution in [1.29, 1.82) is 0 Å². The molecule has 0 fully saturated rings. The Hall–Kier alpha value is -0.870. The van der Waals surface area contributed by atoms with Gasteiger partial charge in [0.05, 0.1) is 18.8 Å². The lowest BCUT2D eigenvalue weighted by molar-refractivity contribution is -0.00754. The molecule has 1 heterocycles. The summed E-state index contributed by atoms with van der Waals surface area (Å²) >= 11 is 5.82. The fourth-order valence-electron chi connectivity index (χ4n) is 1.60. The molecule has 0 unspecified atom stereocenters. The lowest BCUT2D eigenvalue weighted by Crippen LogP contribution is -2.29. The third-order valence-electron chi connectivity index (χ3n) is 2.37. The summed E-state index contributed by atoms with van der Waals surface area (Å²) in [5, 5.41) is 0.247. The molecule has 0 N–H and O–H groups in total. The molecule has 0 saturated carbocycles. The van der Waals surface area contributed by atoms with Crippen LogP contribution in [0.5, 0.6) is 0 Å². The van der Waals surface area contributed by atoms with Gasteiger partial charge in [-0.2, -0.15) is 0 Å². The molecule has 0 amide bonds. The van der Waals surface area contributed by atoms with Crippen LogP contribution < -0.4 is 5.56 Å². The maximum absolute atomic E-state index is 11.9. The number of hydrogen-bond donors (Lipinski definition) is 0. The highest BCUT2D eigenvalue weighted by molar-refractivity contribution is 6.29. The SMILES string of the molecule is CC(C)c1nc(Cl)cc(=O)n1CCOC(C)(C)C. The first-order valence-electron chi connectivity index (χ1n) is 6.12. The third-order valence-corrected chi connectivity index (χ3v) is 2.57. The maximum Gasteiger partial charge on any atom is 0.255 e. The predicted octanol–water partition coefficient (Wildman–Crippen LogP) is 2.84. The summed E-state index contributed by atoms with van der Waals surface area (Å²) in [6, 6.07) is 1.34. The van der Waals surface area contributed by atoms with Crippen LogP contribution in [0.2, 0.25) is 5.15 Å². The second-order valence-corrected chi connectivity index (χ2v) is 5.93. The predicted molar refractivity (Wildman–Crippen MR) is 73.3 cm³/mol. The highest BCUT2D eigenvalue weighted by Gasteiger charge is 2.13. The molecule has 18 heavy (non-hydrogen) atoms. The molecule has 1 rings (SSSR count). The Morgan fingerprint density at radius 1 is 1.44 bits per heavy atom. The molecule has 0 bridgehead atoms. The Labute approximate surface area is 113 Å². The molecule has 0 aromatic carbocycles. The van der Waals surface area contributed by atoms with Crippen molar-refractivity contribution in [3.8, 4) is 0 Å². The summed E-state index contributed by atoms with van der Waals surface area (Å²) in [5.41, 5.74) is -0.335. The van der Waals surface area contributed by atoms with E-state index < -0.39 is 0 Å². The first-order chi connectivity index (χ1) is 8.20. The zero-order valence-corrected chi connectivity index (χ0v) is 12.4. The van der Waals surface area contributed by atoms with Gasteiger partial charge in [-0.05, 0) is 20.8 Å². The van der Waals surface area contributed by atoms with Gasteiger partial charge in [-0.1, -0.05) is 25.4 Å². The van der Waals surface area contributed by atoms with E-state index in [1.165, 1.54) is 6.07 Å². The molecule has 0 aliphatic heterocycles. The minimum Gasteiger partial charge on any atom is -0.374 e. The molecule has 102 valence electrons. The van der Waals surface area contributed by atoms with Crippen LogP contribution in [-0.4, -0.2) is 21.8 Å². The molecule has 5 heteroatoms. The molecule has 1 aromatic rings.